The summed E-state index contributed by atoms with van der Waals surface area (Å²) in [6, 6.07) is 1.12. The monoisotopic (exact) mass is 204 g/mol. The molecule has 1 nitrogen and oxygen atoms in total. The molecule has 0 radical (unpaired) electrons. The van der Waals surface area contributed by atoms with E-state index in [0.29, 0.717) is 12.1 Å². The average molecular weight is 204 g/mol. The molecule has 0 aliphatic rings. The fraction of sp³-hybridized carbons (Fsp3) is 0.400. The van der Waals surface area contributed by atoms with Crippen molar-refractivity contribution in [3.8, 4) is 0 Å². The maximum atomic E-state index is 13.1. The van der Waals surface area contributed by atoms with Crippen LogP contribution < -0.4 is 0 Å². The molecule has 78 valence electrons. The lowest BCUT2D eigenvalue weighted by molar-refractivity contribution is 0.118. The molecule has 0 saturated heterocycles. The molecule has 1 atom stereocenters. The number of aliphatic hydroxyl groups is 1. The Hall–Kier alpha value is -1.03. The fourth-order valence-corrected chi connectivity index (χ4v) is 1.17. The topological polar surface area (TPSA) is 20.2 Å². The summed E-state index contributed by atoms with van der Waals surface area (Å²) in [6.45, 7) is 3.24. The van der Waals surface area contributed by atoms with Crippen molar-refractivity contribution in [2.75, 3.05) is 0 Å². The minimum absolute atomic E-state index is 0.329. The lowest BCUT2D eigenvalue weighted by Crippen LogP contribution is -2.10. The summed E-state index contributed by atoms with van der Waals surface area (Å²) in [7, 11) is 0. The molecule has 4 heteroatoms. The molecule has 1 rings (SSSR count). The lowest BCUT2D eigenvalue weighted by Gasteiger charge is -2.16. The first-order chi connectivity index (χ1) is 6.43. The second-order valence-electron chi connectivity index (χ2n) is 3.47. The Morgan fingerprint density at radius 2 is 1.50 bits per heavy atom. The van der Waals surface area contributed by atoms with Gasteiger partial charge in [-0.05, 0) is 5.92 Å². The average Bonchev–Trinajstić information content (AvgIpc) is 2.01. The van der Waals surface area contributed by atoms with Crippen LogP contribution in [0.25, 0.3) is 0 Å². The van der Waals surface area contributed by atoms with Crippen LogP contribution in [0, 0.1) is 23.4 Å². The maximum Gasteiger partial charge on any atom is 0.134 e. The van der Waals surface area contributed by atoms with Gasteiger partial charge in [-0.2, -0.15) is 0 Å². The highest BCUT2D eigenvalue weighted by molar-refractivity contribution is 5.23. The van der Waals surface area contributed by atoms with Gasteiger partial charge in [-0.15, -0.1) is 0 Å². The number of rotatable bonds is 2. The lowest BCUT2D eigenvalue weighted by atomic mass is 9.98. The molecule has 0 aliphatic heterocycles. The predicted molar refractivity (Wildman–Crippen MR) is 46.1 cm³/mol. The van der Waals surface area contributed by atoms with Crippen molar-refractivity contribution < 1.29 is 18.3 Å². The molecule has 0 aliphatic carbocycles. The zero-order valence-corrected chi connectivity index (χ0v) is 7.89. The molecule has 0 spiro atoms. The van der Waals surface area contributed by atoms with Crippen LogP contribution in [-0.2, 0) is 0 Å². The SMILES string of the molecule is CC(C)C(O)c1c(F)cc(F)cc1F. The minimum atomic E-state index is -1.25. The molecule has 0 bridgehead atoms. The largest absolute Gasteiger partial charge is 0.388 e. The molecular weight excluding hydrogens is 193 g/mol. The Kier molecular flexibility index (Phi) is 3.16. The normalized spacial score (nSPS) is 13.4. The Labute approximate surface area is 80.2 Å². The summed E-state index contributed by atoms with van der Waals surface area (Å²) in [6.07, 6.45) is -1.25. The van der Waals surface area contributed by atoms with E-state index >= 15 is 0 Å². The molecule has 0 heterocycles. The van der Waals surface area contributed by atoms with E-state index in [9.17, 15) is 18.3 Å². The van der Waals surface area contributed by atoms with Gasteiger partial charge in [0.25, 0.3) is 0 Å². The Morgan fingerprint density at radius 1 is 1.07 bits per heavy atom. The highest BCUT2D eigenvalue weighted by Crippen LogP contribution is 2.27. The van der Waals surface area contributed by atoms with Crippen LogP contribution in [0.4, 0.5) is 13.2 Å². The third-order valence-corrected chi connectivity index (χ3v) is 1.97. The Morgan fingerprint density at radius 3 is 1.86 bits per heavy atom. The smallest absolute Gasteiger partial charge is 0.134 e. The molecule has 1 unspecified atom stereocenters. The van der Waals surface area contributed by atoms with Gasteiger partial charge in [0.05, 0.1) is 11.7 Å². The van der Waals surface area contributed by atoms with Gasteiger partial charge in [-0.1, -0.05) is 13.8 Å². The van der Waals surface area contributed by atoms with Crippen LogP contribution in [0.2, 0.25) is 0 Å². The molecule has 0 saturated carbocycles. The van der Waals surface area contributed by atoms with Crippen molar-refractivity contribution in [2.24, 2.45) is 5.92 Å². The summed E-state index contributed by atoms with van der Waals surface area (Å²) >= 11 is 0. The summed E-state index contributed by atoms with van der Waals surface area (Å²) in [4.78, 5) is 0. The standard InChI is InChI=1S/C10H11F3O/c1-5(2)10(14)9-7(12)3-6(11)4-8(9)13/h3-5,10,14H,1-2H3. The molecule has 0 fully saturated rings. The van der Waals surface area contributed by atoms with Gasteiger partial charge in [-0.25, -0.2) is 13.2 Å². The maximum absolute atomic E-state index is 13.1. The highest BCUT2D eigenvalue weighted by Gasteiger charge is 2.21. The van der Waals surface area contributed by atoms with Gasteiger partial charge >= 0.3 is 0 Å². The zero-order chi connectivity index (χ0) is 10.9. The van der Waals surface area contributed by atoms with Crippen molar-refractivity contribution >= 4 is 0 Å². The molecule has 0 amide bonds. The molecular formula is C10H11F3O. The molecule has 0 aromatic heterocycles. The van der Waals surface area contributed by atoms with E-state index < -0.39 is 29.1 Å². The van der Waals surface area contributed by atoms with Gasteiger partial charge in [0.1, 0.15) is 17.5 Å². The van der Waals surface area contributed by atoms with Crippen LogP contribution in [0.15, 0.2) is 12.1 Å². The van der Waals surface area contributed by atoms with Crippen molar-refractivity contribution in [3.63, 3.8) is 0 Å². The molecule has 1 aromatic carbocycles. The van der Waals surface area contributed by atoms with Crippen molar-refractivity contribution in [3.05, 3.63) is 35.1 Å². The van der Waals surface area contributed by atoms with E-state index in [1.165, 1.54) is 0 Å². The van der Waals surface area contributed by atoms with E-state index in [0.717, 1.165) is 0 Å². The van der Waals surface area contributed by atoms with Crippen LogP contribution in [-0.4, -0.2) is 5.11 Å². The van der Waals surface area contributed by atoms with E-state index in [4.69, 9.17) is 0 Å². The van der Waals surface area contributed by atoms with Crippen LogP contribution in [0.3, 0.4) is 0 Å². The van der Waals surface area contributed by atoms with Crippen LogP contribution in [0.5, 0.6) is 0 Å². The second kappa shape index (κ2) is 4.00. The second-order valence-corrected chi connectivity index (χ2v) is 3.47. The number of halogens is 3. The number of aliphatic hydroxyl groups excluding tert-OH is 1. The summed E-state index contributed by atoms with van der Waals surface area (Å²) in [5, 5.41) is 9.45. The quantitative estimate of drug-likeness (QED) is 0.785. The first kappa shape index (κ1) is 11.0. The number of hydrogen-bond acceptors (Lipinski definition) is 1. The first-order valence-corrected chi connectivity index (χ1v) is 4.26. The fourth-order valence-electron chi connectivity index (χ4n) is 1.17. The van der Waals surface area contributed by atoms with Crippen molar-refractivity contribution in [2.45, 2.75) is 20.0 Å². The van der Waals surface area contributed by atoms with E-state index in [2.05, 4.69) is 0 Å². The molecule has 1 N–H and O–H groups in total. The summed E-state index contributed by atoms with van der Waals surface area (Å²) < 4.78 is 38.7. The van der Waals surface area contributed by atoms with Gasteiger partial charge in [-0.3, -0.25) is 0 Å². The Bertz CT molecular complexity index is 313. The third-order valence-electron chi connectivity index (χ3n) is 1.97. The summed E-state index contributed by atoms with van der Waals surface area (Å²) in [5.74, 6) is -3.42. The van der Waals surface area contributed by atoms with Gasteiger partial charge < -0.3 is 5.11 Å². The Balaban J connectivity index is 3.20. The van der Waals surface area contributed by atoms with E-state index in [1.54, 1.807) is 13.8 Å². The third kappa shape index (κ3) is 2.07. The minimum Gasteiger partial charge on any atom is -0.388 e. The van der Waals surface area contributed by atoms with Crippen molar-refractivity contribution in [1.82, 2.24) is 0 Å². The van der Waals surface area contributed by atoms with E-state index in [-0.39, 0.29) is 5.92 Å². The summed E-state index contributed by atoms with van der Waals surface area (Å²) in [5.41, 5.74) is -0.471. The molecule has 1 aromatic rings. The van der Waals surface area contributed by atoms with Gasteiger partial charge in [0.2, 0.25) is 0 Å². The van der Waals surface area contributed by atoms with Crippen molar-refractivity contribution in [1.29, 1.82) is 0 Å². The first-order valence-electron chi connectivity index (χ1n) is 4.26. The van der Waals surface area contributed by atoms with Gasteiger partial charge in [0, 0.05) is 12.1 Å². The number of benzene rings is 1. The predicted octanol–water partition coefficient (Wildman–Crippen LogP) is 2.79. The molecule has 14 heavy (non-hydrogen) atoms. The van der Waals surface area contributed by atoms with Crippen LogP contribution in [0.1, 0.15) is 25.5 Å². The number of hydrogen-bond donors (Lipinski definition) is 1. The zero-order valence-electron chi connectivity index (χ0n) is 7.89. The van der Waals surface area contributed by atoms with E-state index in [1.807, 2.05) is 0 Å². The highest BCUT2D eigenvalue weighted by atomic mass is 19.1. The van der Waals surface area contributed by atoms with Crippen LogP contribution >= 0.6 is 0 Å². The van der Waals surface area contributed by atoms with Gasteiger partial charge in [0.15, 0.2) is 0 Å².